The molecule has 1 heterocycles. The Bertz CT molecular complexity index is 309. The molecule has 0 aliphatic heterocycles. The number of nitrogen functional groups attached to an aromatic ring is 1. The van der Waals surface area contributed by atoms with E-state index in [0.717, 1.165) is 6.20 Å². The number of halogens is 3. The zero-order valence-corrected chi connectivity index (χ0v) is 6.47. The molecule has 0 bridgehead atoms. The lowest BCUT2D eigenvalue weighted by molar-refractivity contribution is -0.141. The zero-order valence-electron chi connectivity index (χ0n) is 6.47. The number of nitrogens with zero attached hydrogens (tertiary/aromatic N) is 2. The SMILES string of the molecule is NCc1cnc(N)nc1C(F)(F)F. The summed E-state index contributed by atoms with van der Waals surface area (Å²) < 4.78 is 36.6. The summed E-state index contributed by atoms with van der Waals surface area (Å²) in [5.74, 6) is -0.412. The van der Waals surface area contributed by atoms with Crippen molar-refractivity contribution in [2.75, 3.05) is 5.73 Å². The fourth-order valence-electron chi connectivity index (χ4n) is 0.815. The first kappa shape index (κ1) is 9.72. The summed E-state index contributed by atoms with van der Waals surface area (Å²) in [5.41, 5.74) is 8.86. The molecule has 1 aromatic rings. The van der Waals surface area contributed by atoms with Crippen LogP contribution in [0.3, 0.4) is 0 Å². The normalized spacial score (nSPS) is 11.7. The minimum absolute atomic E-state index is 0.165. The fourth-order valence-corrected chi connectivity index (χ4v) is 0.815. The number of aromatic nitrogens is 2. The molecule has 4 nitrogen and oxygen atoms in total. The molecule has 13 heavy (non-hydrogen) atoms. The number of anilines is 1. The maximum absolute atomic E-state index is 12.2. The minimum Gasteiger partial charge on any atom is -0.368 e. The molecule has 1 rings (SSSR count). The molecule has 0 spiro atoms. The van der Waals surface area contributed by atoms with E-state index >= 15 is 0 Å². The van der Waals surface area contributed by atoms with Crippen LogP contribution in [-0.4, -0.2) is 9.97 Å². The van der Waals surface area contributed by atoms with Crippen molar-refractivity contribution in [1.82, 2.24) is 9.97 Å². The van der Waals surface area contributed by atoms with Crippen LogP contribution >= 0.6 is 0 Å². The smallest absolute Gasteiger partial charge is 0.368 e. The Hall–Kier alpha value is -1.37. The van der Waals surface area contributed by atoms with Crippen LogP contribution in [0, 0.1) is 0 Å². The number of hydrogen-bond acceptors (Lipinski definition) is 4. The second kappa shape index (κ2) is 3.17. The van der Waals surface area contributed by atoms with Crippen LogP contribution in [0.5, 0.6) is 0 Å². The van der Waals surface area contributed by atoms with Crippen molar-refractivity contribution in [3.8, 4) is 0 Å². The van der Waals surface area contributed by atoms with Gasteiger partial charge in [0.25, 0.3) is 0 Å². The third-order valence-corrected chi connectivity index (χ3v) is 1.37. The van der Waals surface area contributed by atoms with Gasteiger partial charge in [-0.15, -0.1) is 0 Å². The third-order valence-electron chi connectivity index (χ3n) is 1.37. The summed E-state index contributed by atoms with van der Waals surface area (Å²) in [6.07, 6.45) is -3.56. The Balaban J connectivity index is 3.24. The van der Waals surface area contributed by atoms with Gasteiger partial charge in [0.05, 0.1) is 0 Å². The average Bonchev–Trinajstić information content (AvgIpc) is 2.03. The van der Waals surface area contributed by atoms with Gasteiger partial charge in [0, 0.05) is 18.3 Å². The van der Waals surface area contributed by atoms with Crippen molar-refractivity contribution in [2.24, 2.45) is 5.73 Å². The second-order valence-corrected chi connectivity index (χ2v) is 2.30. The van der Waals surface area contributed by atoms with Crippen molar-refractivity contribution in [1.29, 1.82) is 0 Å². The molecule has 0 radical (unpaired) electrons. The first-order valence-electron chi connectivity index (χ1n) is 3.34. The first-order valence-corrected chi connectivity index (χ1v) is 3.34. The molecule has 0 aliphatic rings. The van der Waals surface area contributed by atoms with Gasteiger partial charge in [0.1, 0.15) is 0 Å². The van der Waals surface area contributed by atoms with E-state index in [1.165, 1.54) is 0 Å². The van der Waals surface area contributed by atoms with Gasteiger partial charge in [-0.3, -0.25) is 0 Å². The van der Waals surface area contributed by atoms with Crippen molar-refractivity contribution >= 4 is 5.95 Å². The number of rotatable bonds is 1. The maximum Gasteiger partial charge on any atom is 0.433 e. The van der Waals surface area contributed by atoms with E-state index < -0.39 is 17.8 Å². The van der Waals surface area contributed by atoms with E-state index in [0.29, 0.717) is 0 Å². The molecule has 0 aromatic carbocycles. The first-order chi connectivity index (χ1) is 5.95. The molecule has 0 atom stereocenters. The molecule has 0 amide bonds. The summed E-state index contributed by atoms with van der Waals surface area (Å²) in [6, 6.07) is 0. The van der Waals surface area contributed by atoms with Crippen LogP contribution in [0.2, 0.25) is 0 Å². The largest absolute Gasteiger partial charge is 0.433 e. The molecule has 72 valence electrons. The molecule has 0 fully saturated rings. The topological polar surface area (TPSA) is 77.8 Å². The molecule has 7 heteroatoms. The quantitative estimate of drug-likeness (QED) is 0.680. The molecule has 4 N–H and O–H groups in total. The lowest BCUT2D eigenvalue weighted by atomic mass is 10.2. The molecular formula is C6H7F3N4. The predicted octanol–water partition coefficient (Wildman–Crippen LogP) is 0.536. The van der Waals surface area contributed by atoms with Crippen LogP contribution in [0.15, 0.2) is 6.20 Å². The van der Waals surface area contributed by atoms with Gasteiger partial charge < -0.3 is 11.5 Å². The van der Waals surface area contributed by atoms with E-state index in [9.17, 15) is 13.2 Å². The van der Waals surface area contributed by atoms with Gasteiger partial charge in [-0.25, -0.2) is 9.97 Å². The number of nitrogens with two attached hydrogens (primary N) is 2. The van der Waals surface area contributed by atoms with Gasteiger partial charge in [0.2, 0.25) is 5.95 Å². The highest BCUT2D eigenvalue weighted by molar-refractivity contribution is 5.26. The van der Waals surface area contributed by atoms with Gasteiger partial charge in [-0.1, -0.05) is 0 Å². The Morgan fingerprint density at radius 3 is 2.46 bits per heavy atom. The molecule has 0 saturated heterocycles. The van der Waals surface area contributed by atoms with Gasteiger partial charge in [-0.2, -0.15) is 13.2 Å². The molecule has 0 saturated carbocycles. The number of alkyl halides is 3. The van der Waals surface area contributed by atoms with Gasteiger partial charge in [0.15, 0.2) is 5.69 Å². The van der Waals surface area contributed by atoms with E-state index in [1.54, 1.807) is 0 Å². The number of hydrogen-bond donors (Lipinski definition) is 2. The lowest BCUT2D eigenvalue weighted by Gasteiger charge is -2.09. The average molecular weight is 192 g/mol. The van der Waals surface area contributed by atoms with Crippen molar-refractivity contribution < 1.29 is 13.2 Å². The van der Waals surface area contributed by atoms with Crippen LogP contribution in [0.1, 0.15) is 11.3 Å². The third kappa shape index (κ3) is 2.05. The molecule has 1 aromatic heterocycles. The predicted molar refractivity (Wildman–Crippen MR) is 39.3 cm³/mol. The summed E-state index contributed by atoms with van der Waals surface area (Å²) >= 11 is 0. The fraction of sp³-hybridized carbons (Fsp3) is 0.333. The lowest BCUT2D eigenvalue weighted by Crippen LogP contribution is -2.16. The second-order valence-electron chi connectivity index (χ2n) is 2.30. The highest BCUT2D eigenvalue weighted by Gasteiger charge is 2.35. The van der Waals surface area contributed by atoms with Crippen LogP contribution < -0.4 is 11.5 Å². The van der Waals surface area contributed by atoms with E-state index in [-0.39, 0.29) is 12.1 Å². The van der Waals surface area contributed by atoms with Gasteiger partial charge in [-0.05, 0) is 0 Å². The van der Waals surface area contributed by atoms with Crippen LogP contribution in [-0.2, 0) is 12.7 Å². The Kier molecular flexibility index (Phi) is 2.37. The van der Waals surface area contributed by atoms with Crippen LogP contribution in [0.4, 0.5) is 19.1 Å². The summed E-state index contributed by atoms with van der Waals surface area (Å²) in [5, 5.41) is 0. The van der Waals surface area contributed by atoms with E-state index in [4.69, 9.17) is 11.5 Å². The van der Waals surface area contributed by atoms with E-state index in [2.05, 4.69) is 9.97 Å². The molecule has 0 aliphatic carbocycles. The van der Waals surface area contributed by atoms with Gasteiger partial charge >= 0.3 is 6.18 Å². The van der Waals surface area contributed by atoms with Crippen molar-refractivity contribution in [2.45, 2.75) is 12.7 Å². The maximum atomic E-state index is 12.2. The Labute approximate surface area is 71.8 Å². The van der Waals surface area contributed by atoms with Crippen molar-refractivity contribution in [3.05, 3.63) is 17.5 Å². The standard InChI is InChI=1S/C6H7F3N4/c7-6(8,9)4-3(1-10)2-12-5(11)13-4/h2H,1,10H2,(H2,11,12,13). The highest BCUT2D eigenvalue weighted by Crippen LogP contribution is 2.30. The summed E-state index contributed by atoms with van der Waals surface area (Å²) in [6.45, 7) is -0.269. The molecular weight excluding hydrogens is 185 g/mol. The monoisotopic (exact) mass is 192 g/mol. The zero-order chi connectivity index (χ0) is 10.1. The highest BCUT2D eigenvalue weighted by atomic mass is 19.4. The van der Waals surface area contributed by atoms with E-state index in [1.807, 2.05) is 0 Å². The Morgan fingerprint density at radius 2 is 2.00 bits per heavy atom. The molecule has 0 unspecified atom stereocenters. The van der Waals surface area contributed by atoms with Crippen LogP contribution in [0.25, 0.3) is 0 Å². The van der Waals surface area contributed by atoms with Crippen molar-refractivity contribution in [3.63, 3.8) is 0 Å². The Morgan fingerprint density at radius 1 is 1.38 bits per heavy atom. The summed E-state index contributed by atoms with van der Waals surface area (Å²) in [4.78, 5) is 6.49. The minimum atomic E-state index is -4.54. The summed E-state index contributed by atoms with van der Waals surface area (Å²) in [7, 11) is 0.